The molecular weight excluding hydrogens is 361 g/mol. The number of benzene rings is 2. The van der Waals surface area contributed by atoms with E-state index in [1.807, 2.05) is 6.92 Å². The number of nitrogens with zero attached hydrogens (tertiary/aromatic N) is 1. The van der Waals surface area contributed by atoms with Gasteiger partial charge in [0.05, 0.1) is 17.2 Å². The van der Waals surface area contributed by atoms with Crippen molar-refractivity contribution in [2.45, 2.75) is 19.8 Å². The molecule has 0 spiro atoms. The summed E-state index contributed by atoms with van der Waals surface area (Å²) in [7, 11) is 0. The summed E-state index contributed by atoms with van der Waals surface area (Å²) in [5.74, 6) is -1.71. The van der Waals surface area contributed by atoms with E-state index in [0.29, 0.717) is 23.5 Å². The Morgan fingerprint density at radius 2 is 1.86 bits per heavy atom. The maximum Gasteiger partial charge on any atom is 0.253 e. The van der Waals surface area contributed by atoms with Crippen LogP contribution in [0.25, 0.3) is 0 Å². The van der Waals surface area contributed by atoms with Crippen LogP contribution in [0.3, 0.4) is 0 Å². The number of carbonyl (C=O) groups excluding carboxylic acids is 3. The number of rotatable bonds is 6. The summed E-state index contributed by atoms with van der Waals surface area (Å²) in [5.41, 5.74) is 1.35. The van der Waals surface area contributed by atoms with Crippen LogP contribution in [0.2, 0.25) is 0 Å². The highest BCUT2D eigenvalue weighted by atomic mass is 19.1. The first-order valence-electron chi connectivity index (χ1n) is 9.23. The van der Waals surface area contributed by atoms with Crippen LogP contribution in [0.4, 0.5) is 15.8 Å². The van der Waals surface area contributed by atoms with E-state index in [9.17, 15) is 18.8 Å². The van der Waals surface area contributed by atoms with Gasteiger partial charge < -0.3 is 15.5 Å². The molecule has 0 aromatic heterocycles. The molecule has 0 saturated carbocycles. The smallest absolute Gasteiger partial charge is 0.253 e. The van der Waals surface area contributed by atoms with E-state index in [2.05, 4.69) is 10.6 Å². The molecule has 1 atom stereocenters. The van der Waals surface area contributed by atoms with Crippen molar-refractivity contribution in [3.05, 3.63) is 59.9 Å². The molecule has 3 rings (SSSR count). The van der Waals surface area contributed by atoms with E-state index < -0.39 is 5.92 Å². The summed E-state index contributed by atoms with van der Waals surface area (Å²) in [4.78, 5) is 38.8. The van der Waals surface area contributed by atoms with Gasteiger partial charge in [-0.3, -0.25) is 14.4 Å². The van der Waals surface area contributed by atoms with E-state index in [4.69, 9.17) is 0 Å². The van der Waals surface area contributed by atoms with Crippen LogP contribution in [0.1, 0.15) is 30.1 Å². The highest BCUT2D eigenvalue weighted by molar-refractivity contribution is 6.07. The Bertz CT molecular complexity index is 883. The van der Waals surface area contributed by atoms with Gasteiger partial charge in [0.2, 0.25) is 11.8 Å². The summed E-state index contributed by atoms with van der Waals surface area (Å²) in [6, 6.07) is 12.4. The van der Waals surface area contributed by atoms with Crippen LogP contribution in [0.15, 0.2) is 48.5 Å². The van der Waals surface area contributed by atoms with Crippen LogP contribution in [0, 0.1) is 11.7 Å². The third-order valence-corrected chi connectivity index (χ3v) is 4.60. The molecule has 3 amide bonds. The lowest BCUT2D eigenvalue weighted by Gasteiger charge is -2.17. The van der Waals surface area contributed by atoms with E-state index in [1.54, 1.807) is 24.3 Å². The minimum absolute atomic E-state index is 0.0629. The SMILES string of the molecule is CCCNC(=O)c1ccccc1NC(=O)C1CC(=O)N(c2ccc(F)cc2)C1. The summed E-state index contributed by atoms with van der Waals surface area (Å²) >= 11 is 0. The second kappa shape index (κ2) is 8.65. The molecule has 1 heterocycles. The lowest BCUT2D eigenvalue weighted by atomic mass is 10.1. The second-order valence-electron chi connectivity index (χ2n) is 6.67. The van der Waals surface area contributed by atoms with Crippen LogP contribution in [-0.4, -0.2) is 30.8 Å². The minimum Gasteiger partial charge on any atom is -0.352 e. The van der Waals surface area contributed by atoms with Crippen molar-refractivity contribution in [2.24, 2.45) is 5.92 Å². The molecule has 2 aromatic carbocycles. The van der Waals surface area contributed by atoms with Gasteiger partial charge in [0.25, 0.3) is 5.91 Å². The largest absolute Gasteiger partial charge is 0.352 e. The molecule has 146 valence electrons. The van der Waals surface area contributed by atoms with Gasteiger partial charge in [0.1, 0.15) is 5.82 Å². The Morgan fingerprint density at radius 1 is 1.14 bits per heavy atom. The lowest BCUT2D eigenvalue weighted by Crippen LogP contribution is -2.29. The normalized spacial score (nSPS) is 16.1. The van der Waals surface area contributed by atoms with Gasteiger partial charge >= 0.3 is 0 Å². The number of para-hydroxylation sites is 1. The zero-order valence-corrected chi connectivity index (χ0v) is 15.6. The fourth-order valence-electron chi connectivity index (χ4n) is 3.11. The van der Waals surface area contributed by atoms with Crippen molar-refractivity contribution in [3.8, 4) is 0 Å². The summed E-state index contributed by atoms with van der Waals surface area (Å²) < 4.78 is 13.1. The molecule has 1 fully saturated rings. The molecule has 0 bridgehead atoms. The van der Waals surface area contributed by atoms with E-state index in [0.717, 1.165) is 6.42 Å². The Kier molecular flexibility index (Phi) is 6.03. The Morgan fingerprint density at radius 3 is 2.57 bits per heavy atom. The van der Waals surface area contributed by atoms with Crippen LogP contribution < -0.4 is 15.5 Å². The average molecular weight is 383 g/mol. The van der Waals surface area contributed by atoms with Gasteiger partial charge in [-0.25, -0.2) is 4.39 Å². The van der Waals surface area contributed by atoms with Crippen molar-refractivity contribution in [1.82, 2.24) is 5.32 Å². The monoisotopic (exact) mass is 383 g/mol. The van der Waals surface area contributed by atoms with Crippen LogP contribution in [-0.2, 0) is 9.59 Å². The Labute approximate surface area is 162 Å². The van der Waals surface area contributed by atoms with Crippen molar-refractivity contribution in [2.75, 3.05) is 23.3 Å². The number of amides is 3. The van der Waals surface area contributed by atoms with Crippen molar-refractivity contribution < 1.29 is 18.8 Å². The molecule has 1 aliphatic heterocycles. The van der Waals surface area contributed by atoms with Gasteiger partial charge in [-0.2, -0.15) is 0 Å². The summed E-state index contributed by atoms with van der Waals surface area (Å²) in [6.45, 7) is 2.71. The predicted molar refractivity (Wildman–Crippen MR) is 105 cm³/mol. The molecule has 6 nitrogen and oxygen atoms in total. The third-order valence-electron chi connectivity index (χ3n) is 4.60. The van der Waals surface area contributed by atoms with Gasteiger partial charge in [0, 0.05) is 25.2 Å². The standard InChI is InChI=1S/C21H22FN3O3/c1-2-11-23-21(28)17-5-3-4-6-18(17)24-20(27)14-12-19(26)25(13-14)16-9-7-15(22)8-10-16/h3-10,14H,2,11-13H2,1H3,(H,23,28)(H,24,27). The number of nitrogens with one attached hydrogen (secondary N) is 2. The molecule has 28 heavy (non-hydrogen) atoms. The first-order valence-corrected chi connectivity index (χ1v) is 9.23. The number of hydrogen-bond donors (Lipinski definition) is 2. The Hall–Kier alpha value is -3.22. The summed E-state index contributed by atoms with van der Waals surface area (Å²) in [6.07, 6.45) is 0.872. The zero-order chi connectivity index (χ0) is 20.1. The van der Waals surface area contributed by atoms with Crippen LogP contribution >= 0.6 is 0 Å². The second-order valence-corrected chi connectivity index (χ2v) is 6.67. The molecule has 1 unspecified atom stereocenters. The molecule has 2 N–H and O–H groups in total. The molecule has 1 aliphatic rings. The van der Waals surface area contributed by atoms with Gasteiger partial charge in [-0.05, 0) is 42.8 Å². The molecule has 2 aromatic rings. The van der Waals surface area contributed by atoms with Crippen molar-refractivity contribution in [1.29, 1.82) is 0 Å². The molecular formula is C21H22FN3O3. The number of anilines is 2. The van der Waals surface area contributed by atoms with E-state index in [1.165, 1.54) is 29.2 Å². The number of halogens is 1. The molecule has 7 heteroatoms. The topological polar surface area (TPSA) is 78.5 Å². The quantitative estimate of drug-likeness (QED) is 0.805. The number of carbonyl (C=O) groups is 3. The number of hydrogen-bond acceptors (Lipinski definition) is 3. The highest BCUT2D eigenvalue weighted by Crippen LogP contribution is 2.26. The fraction of sp³-hybridized carbons (Fsp3) is 0.286. The maximum absolute atomic E-state index is 13.1. The zero-order valence-electron chi connectivity index (χ0n) is 15.6. The third kappa shape index (κ3) is 4.36. The Balaban J connectivity index is 1.70. The first kappa shape index (κ1) is 19.5. The molecule has 0 aliphatic carbocycles. The van der Waals surface area contributed by atoms with Gasteiger partial charge in [0.15, 0.2) is 0 Å². The maximum atomic E-state index is 13.1. The predicted octanol–water partition coefficient (Wildman–Crippen LogP) is 2.96. The lowest BCUT2D eigenvalue weighted by molar-refractivity contribution is -0.122. The van der Waals surface area contributed by atoms with Crippen molar-refractivity contribution in [3.63, 3.8) is 0 Å². The highest BCUT2D eigenvalue weighted by Gasteiger charge is 2.35. The van der Waals surface area contributed by atoms with E-state index >= 15 is 0 Å². The van der Waals surface area contributed by atoms with Gasteiger partial charge in [-0.1, -0.05) is 19.1 Å². The average Bonchev–Trinajstić information content (AvgIpc) is 3.09. The fourth-order valence-corrected chi connectivity index (χ4v) is 3.11. The minimum atomic E-state index is -0.552. The van der Waals surface area contributed by atoms with E-state index in [-0.39, 0.29) is 36.5 Å². The van der Waals surface area contributed by atoms with Gasteiger partial charge in [-0.15, -0.1) is 0 Å². The molecule has 1 saturated heterocycles. The summed E-state index contributed by atoms with van der Waals surface area (Å²) in [5, 5.41) is 5.56. The van der Waals surface area contributed by atoms with Crippen molar-refractivity contribution >= 4 is 29.1 Å². The molecule has 0 radical (unpaired) electrons. The van der Waals surface area contributed by atoms with Crippen LogP contribution in [0.5, 0.6) is 0 Å². The first-order chi connectivity index (χ1) is 13.5.